The molecule has 2 aromatic rings. The van der Waals surface area contributed by atoms with E-state index < -0.39 is 17.8 Å². The molecule has 0 aliphatic heterocycles. The van der Waals surface area contributed by atoms with Crippen LogP contribution in [0.2, 0.25) is 5.02 Å². The summed E-state index contributed by atoms with van der Waals surface area (Å²) in [6, 6.07) is 8.56. The standard InChI is InChI=1S/C18H17ClFNO4/c1-10(22)12-4-7-16(17(8-12)24-3)25-11(2)18(23)21-13-5-6-15(20)14(19)9-13/h4-9,11H,1-3H3,(H,21,23)/t11-/m0/s1. The van der Waals surface area contributed by atoms with E-state index >= 15 is 0 Å². The number of nitrogens with one attached hydrogen (secondary N) is 1. The summed E-state index contributed by atoms with van der Waals surface area (Å²) in [6.45, 7) is 3.00. The number of Topliss-reactive ketones (excluding diaryl/α,β-unsaturated/α-hetero) is 1. The number of ketones is 1. The van der Waals surface area contributed by atoms with Gasteiger partial charge in [-0.25, -0.2) is 4.39 Å². The maximum Gasteiger partial charge on any atom is 0.265 e. The lowest BCUT2D eigenvalue weighted by atomic mass is 10.1. The van der Waals surface area contributed by atoms with Gasteiger partial charge in [-0.15, -0.1) is 0 Å². The van der Waals surface area contributed by atoms with E-state index in [4.69, 9.17) is 21.1 Å². The summed E-state index contributed by atoms with van der Waals surface area (Å²) < 4.78 is 23.9. The first-order valence-corrected chi connectivity index (χ1v) is 7.81. The van der Waals surface area contributed by atoms with Crippen LogP contribution >= 0.6 is 11.6 Å². The van der Waals surface area contributed by atoms with Crippen LogP contribution in [0.15, 0.2) is 36.4 Å². The minimum atomic E-state index is -0.860. The first-order chi connectivity index (χ1) is 11.8. The normalized spacial score (nSPS) is 11.6. The smallest absolute Gasteiger partial charge is 0.265 e. The Morgan fingerprint density at radius 2 is 1.88 bits per heavy atom. The molecule has 0 heterocycles. The maximum absolute atomic E-state index is 13.1. The fourth-order valence-corrected chi connectivity index (χ4v) is 2.23. The number of rotatable bonds is 6. The van der Waals surface area contributed by atoms with E-state index in [2.05, 4.69) is 5.32 Å². The number of ether oxygens (including phenoxy) is 2. The highest BCUT2D eigenvalue weighted by atomic mass is 35.5. The quantitative estimate of drug-likeness (QED) is 0.783. The number of carbonyl (C=O) groups is 2. The molecule has 0 aliphatic carbocycles. The monoisotopic (exact) mass is 365 g/mol. The van der Waals surface area contributed by atoms with E-state index in [1.165, 1.54) is 26.2 Å². The molecule has 0 saturated heterocycles. The third-order valence-corrected chi connectivity index (χ3v) is 3.72. The van der Waals surface area contributed by atoms with Crippen molar-refractivity contribution in [2.45, 2.75) is 20.0 Å². The Hall–Kier alpha value is -2.60. The molecule has 0 aliphatic rings. The molecule has 0 fully saturated rings. The Labute approximate surface area is 149 Å². The number of benzene rings is 2. The predicted octanol–water partition coefficient (Wildman–Crippen LogP) is 4.10. The molecule has 0 aromatic heterocycles. The number of anilines is 1. The second-order valence-electron chi connectivity index (χ2n) is 5.30. The number of hydrogen-bond donors (Lipinski definition) is 1. The maximum atomic E-state index is 13.1. The number of methoxy groups -OCH3 is 1. The molecule has 0 saturated carbocycles. The van der Waals surface area contributed by atoms with Crippen molar-refractivity contribution in [2.24, 2.45) is 0 Å². The average molecular weight is 366 g/mol. The zero-order valence-corrected chi connectivity index (χ0v) is 14.7. The van der Waals surface area contributed by atoms with Crippen molar-refractivity contribution >= 4 is 29.0 Å². The van der Waals surface area contributed by atoms with Crippen LogP contribution in [0.4, 0.5) is 10.1 Å². The minimum Gasteiger partial charge on any atom is -0.493 e. The second kappa shape index (κ2) is 7.98. The third kappa shape index (κ3) is 4.70. The SMILES string of the molecule is COc1cc(C(C)=O)ccc1O[C@@H](C)C(=O)Nc1ccc(F)c(Cl)c1. The fraction of sp³-hybridized carbons (Fsp3) is 0.222. The summed E-state index contributed by atoms with van der Waals surface area (Å²) in [5, 5.41) is 2.50. The highest BCUT2D eigenvalue weighted by Gasteiger charge is 2.18. The summed E-state index contributed by atoms with van der Waals surface area (Å²) in [5.74, 6) is -0.451. The molecule has 1 atom stereocenters. The van der Waals surface area contributed by atoms with Crippen LogP contribution in [0.5, 0.6) is 11.5 Å². The van der Waals surface area contributed by atoms with Gasteiger partial charge in [0.05, 0.1) is 12.1 Å². The van der Waals surface area contributed by atoms with Crippen molar-refractivity contribution in [1.82, 2.24) is 0 Å². The van der Waals surface area contributed by atoms with Crippen molar-refractivity contribution < 1.29 is 23.5 Å². The Morgan fingerprint density at radius 3 is 2.48 bits per heavy atom. The van der Waals surface area contributed by atoms with Crippen LogP contribution in [0.3, 0.4) is 0 Å². The molecule has 25 heavy (non-hydrogen) atoms. The molecule has 2 rings (SSSR count). The highest BCUT2D eigenvalue weighted by molar-refractivity contribution is 6.31. The molecule has 0 unspecified atom stereocenters. The molecule has 0 spiro atoms. The second-order valence-corrected chi connectivity index (χ2v) is 5.71. The average Bonchev–Trinajstić information content (AvgIpc) is 2.58. The molecule has 132 valence electrons. The van der Waals surface area contributed by atoms with Gasteiger partial charge in [0.1, 0.15) is 5.82 Å². The number of amides is 1. The Balaban J connectivity index is 2.10. The Kier molecular flexibility index (Phi) is 5.98. The van der Waals surface area contributed by atoms with Crippen molar-refractivity contribution in [2.75, 3.05) is 12.4 Å². The molecular weight excluding hydrogens is 349 g/mol. The number of halogens is 2. The molecule has 7 heteroatoms. The lowest BCUT2D eigenvalue weighted by molar-refractivity contribution is -0.122. The van der Waals surface area contributed by atoms with E-state index in [1.54, 1.807) is 25.1 Å². The van der Waals surface area contributed by atoms with E-state index in [0.29, 0.717) is 22.7 Å². The molecule has 1 N–H and O–H groups in total. The molecule has 0 radical (unpaired) electrons. The number of hydrogen-bond acceptors (Lipinski definition) is 4. The minimum absolute atomic E-state index is 0.0899. The van der Waals surface area contributed by atoms with Crippen LogP contribution in [0.25, 0.3) is 0 Å². The van der Waals surface area contributed by atoms with Gasteiger partial charge in [-0.3, -0.25) is 9.59 Å². The number of carbonyl (C=O) groups excluding carboxylic acids is 2. The summed E-state index contributed by atoms with van der Waals surface area (Å²) in [4.78, 5) is 23.6. The van der Waals surface area contributed by atoms with Crippen LogP contribution < -0.4 is 14.8 Å². The van der Waals surface area contributed by atoms with Gasteiger partial charge in [-0.2, -0.15) is 0 Å². The van der Waals surface area contributed by atoms with E-state index in [-0.39, 0.29) is 10.8 Å². The van der Waals surface area contributed by atoms with Gasteiger partial charge >= 0.3 is 0 Å². The third-order valence-electron chi connectivity index (χ3n) is 3.43. The summed E-state index contributed by atoms with van der Waals surface area (Å²) in [5.41, 5.74) is 0.827. The van der Waals surface area contributed by atoms with Crippen molar-refractivity contribution in [1.29, 1.82) is 0 Å². The van der Waals surface area contributed by atoms with Gasteiger partial charge in [-0.1, -0.05) is 11.6 Å². The van der Waals surface area contributed by atoms with Crippen molar-refractivity contribution in [3.8, 4) is 11.5 Å². The first kappa shape index (κ1) is 18.7. The summed E-state index contributed by atoms with van der Waals surface area (Å²) in [6.07, 6.45) is -0.860. The van der Waals surface area contributed by atoms with Crippen LogP contribution in [-0.2, 0) is 4.79 Å². The predicted molar refractivity (Wildman–Crippen MR) is 93.1 cm³/mol. The van der Waals surface area contributed by atoms with Gasteiger partial charge in [0, 0.05) is 11.3 Å². The largest absolute Gasteiger partial charge is 0.493 e. The topological polar surface area (TPSA) is 64.6 Å². The molecule has 2 aromatic carbocycles. The van der Waals surface area contributed by atoms with Gasteiger partial charge < -0.3 is 14.8 Å². The van der Waals surface area contributed by atoms with Gasteiger partial charge in [0.2, 0.25) is 0 Å². The molecule has 0 bridgehead atoms. The zero-order chi connectivity index (χ0) is 18.6. The van der Waals surface area contributed by atoms with Crippen LogP contribution in [0.1, 0.15) is 24.2 Å². The van der Waals surface area contributed by atoms with Gasteiger partial charge in [0.25, 0.3) is 5.91 Å². The van der Waals surface area contributed by atoms with E-state index in [0.717, 1.165) is 6.07 Å². The fourth-order valence-electron chi connectivity index (χ4n) is 2.05. The van der Waals surface area contributed by atoms with E-state index in [9.17, 15) is 14.0 Å². The summed E-state index contributed by atoms with van der Waals surface area (Å²) >= 11 is 5.68. The highest BCUT2D eigenvalue weighted by Crippen LogP contribution is 2.29. The van der Waals surface area contributed by atoms with Crippen molar-refractivity contribution in [3.05, 3.63) is 52.8 Å². The summed E-state index contributed by atoms with van der Waals surface area (Å²) in [7, 11) is 1.44. The van der Waals surface area contributed by atoms with Crippen LogP contribution in [0, 0.1) is 5.82 Å². The Bertz CT molecular complexity index is 810. The van der Waals surface area contributed by atoms with Gasteiger partial charge in [0.15, 0.2) is 23.4 Å². The Morgan fingerprint density at radius 1 is 1.16 bits per heavy atom. The zero-order valence-electron chi connectivity index (χ0n) is 13.9. The molecular formula is C18H17ClFNO4. The van der Waals surface area contributed by atoms with Gasteiger partial charge in [-0.05, 0) is 50.2 Å². The molecule has 1 amide bonds. The van der Waals surface area contributed by atoms with Crippen molar-refractivity contribution in [3.63, 3.8) is 0 Å². The lowest BCUT2D eigenvalue weighted by Crippen LogP contribution is -2.30. The lowest BCUT2D eigenvalue weighted by Gasteiger charge is -2.17. The van der Waals surface area contributed by atoms with E-state index in [1.807, 2.05) is 0 Å². The van der Waals surface area contributed by atoms with Crippen LogP contribution in [-0.4, -0.2) is 24.9 Å². The molecule has 5 nitrogen and oxygen atoms in total. The first-order valence-electron chi connectivity index (χ1n) is 7.43.